The summed E-state index contributed by atoms with van der Waals surface area (Å²) >= 11 is 0. The highest BCUT2D eigenvalue weighted by molar-refractivity contribution is 5.96. The molecule has 0 aliphatic carbocycles. The number of carboxylic acids is 1. The van der Waals surface area contributed by atoms with Crippen molar-refractivity contribution in [3.05, 3.63) is 0 Å². The molecule has 0 rings (SSSR count). The number of hydrogen-bond acceptors (Lipinski definition) is 9. The monoisotopic (exact) mass is 504 g/mol. The lowest BCUT2D eigenvalue weighted by Crippen LogP contribution is -2.60. The summed E-state index contributed by atoms with van der Waals surface area (Å²) in [4.78, 5) is 72.0. The first-order chi connectivity index (χ1) is 16.0. The van der Waals surface area contributed by atoms with E-state index in [0.717, 1.165) is 0 Å². The second-order valence-electron chi connectivity index (χ2n) is 8.25. The molecule has 0 saturated carbocycles. The third-order valence-electron chi connectivity index (χ3n) is 4.87. The van der Waals surface area contributed by atoms with E-state index in [4.69, 9.17) is 10.8 Å². The maximum Gasteiger partial charge on any atom is 0.325 e. The number of carbonyl (C=O) groups excluding carboxylic acids is 5. The van der Waals surface area contributed by atoms with Crippen LogP contribution in [0.15, 0.2) is 0 Å². The molecule has 0 spiro atoms. The van der Waals surface area contributed by atoms with Gasteiger partial charge in [-0.05, 0) is 41.5 Å². The fourth-order valence-corrected chi connectivity index (χ4v) is 2.45. The van der Waals surface area contributed by atoms with Gasteiger partial charge in [-0.25, -0.2) is 0 Å². The van der Waals surface area contributed by atoms with Crippen LogP contribution in [0.25, 0.3) is 0 Å². The minimum Gasteiger partial charge on any atom is -0.480 e. The molecule has 10 N–H and O–H groups in total. The number of aliphatic hydroxyl groups excluding tert-OH is 2. The van der Waals surface area contributed by atoms with E-state index in [-0.39, 0.29) is 0 Å². The minimum atomic E-state index is -1.50. The Morgan fingerprint density at radius 3 is 1.26 bits per heavy atom. The number of hydrogen-bond donors (Lipinski definition) is 9. The molecular formula is C20H36N6O9. The summed E-state index contributed by atoms with van der Waals surface area (Å²) in [6, 6.07) is -7.45. The average Bonchev–Trinajstić information content (AvgIpc) is 2.75. The Kier molecular flexibility index (Phi) is 12.8. The Morgan fingerprint density at radius 1 is 0.543 bits per heavy atom. The lowest BCUT2D eigenvalue weighted by atomic mass is 10.1. The van der Waals surface area contributed by atoms with Crippen molar-refractivity contribution in [1.82, 2.24) is 26.6 Å². The molecule has 0 heterocycles. The summed E-state index contributed by atoms with van der Waals surface area (Å²) in [5.74, 6) is -5.37. The zero-order valence-corrected chi connectivity index (χ0v) is 20.5. The maximum absolute atomic E-state index is 12.6. The predicted octanol–water partition coefficient (Wildman–Crippen LogP) is -4.34. The van der Waals surface area contributed by atoms with Gasteiger partial charge in [0.1, 0.15) is 36.3 Å². The number of carboxylic acid groups (broad SMARTS) is 1. The number of carbonyl (C=O) groups is 6. The summed E-state index contributed by atoms with van der Waals surface area (Å²) < 4.78 is 0. The smallest absolute Gasteiger partial charge is 0.325 e. The number of rotatable bonds is 13. The number of nitrogens with one attached hydrogen (secondary N) is 5. The summed E-state index contributed by atoms with van der Waals surface area (Å²) in [7, 11) is 0. The molecule has 5 amide bonds. The molecule has 0 bridgehead atoms. The van der Waals surface area contributed by atoms with E-state index in [1.54, 1.807) is 0 Å². The van der Waals surface area contributed by atoms with Gasteiger partial charge in [-0.1, -0.05) is 0 Å². The minimum absolute atomic E-state index is 0.757. The van der Waals surface area contributed by atoms with Crippen molar-refractivity contribution in [2.24, 2.45) is 5.73 Å². The Labute approximate surface area is 202 Å². The molecule has 0 aliphatic rings. The molecule has 0 unspecified atom stereocenters. The van der Waals surface area contributed by atoms with E-state index in [1.807, 2.05) is 0 Å². The Morgan fingerprint density at radius 2 is 0.886 bits per heavy atom. The lowest BCUT2D eigenvalue weighted by Gasteiger charge is -2.25. The lowest BCUT2D eigenvalue weighted by molar-refractivity contribution is -0.141. The Bertz CT molecular complexity index is 804. The SMILES string of the molecule is C[C@H](NC(=O)[C@H](C)NC(=O)[C@H](C)NC(=O)[C@@H](NC(=O)[C@H](C)NC(=O)[C@@H](N)[C@@H](C)O)[C@@H](C)O)C(=O)O. The van der Waals surface area contributed by atoms with Gasteiger partial charge >= 0.3 is 5.97 Å². The molecule has 8 atom stereocenters. The molecule has 35 heavy (non-hydrogen) atoms. The van der Waals surface area contributed by atoms with Crippen LogP contribution in [-0.4, -0.2) is 99.3 Å². The fraction of sp³-hybridized carbons (Fsp3) is 0.700. The van der Waals surface area contributed by atoms with Crippen molar-refractivity contribution in [3.63, 3.8) is 0 Å². The molecule has 0 radical (unpaired) electrons. The highest BCUT2D eigenvalue weighted by atomic mass is 16.4. The topological polar surface area (TPSA) is 249 Å². The van der Waals surface area contributed by atoms with Crippen LogP contribution in [0, 0.1) is 0 Å². The van der Waals surface area contributed by atoms with Crippen LogP contribution in [0.3, 0.4) is 0 Å². The third-order valence-corrected chi connectivity index (χ3v) is 4.87. The van der Waals surface area contributed by atoms with Gasteiger partial charge in [-0.2, -0.15) is 0 Å². The van der Waals surface area contributed by atoms with Gasteiger partial charge in [0.05, 0.1) is 12.2 Å². The normalized spacial score (nSPS) is 17.7. The van der Waals surface area contributed by atoms with Crippen molar-refractivity contribution >= 4 is 35.5 Å². The average molecular weight is 505 g/mol. The number of aliphatic hydroxyl groups is 2. The molecule has 0 aliphatic heterocycles. The maximum atomic E-state index is 12.6. The van der Waals surface area contributed by atoms with Gasteiger partial charge in [-0.3, -0.25) is 28.8 Å². The Hall–Kier alpha value is -3.30. The molecule has 0 aromatic heterocycles. The van der Waals surface area contributed by atoms with Crippen molar-refractivity contribution in [3.8, 4) is 0 Å². The van der Waals surface area contributed by atoms with Crippen LogP contribution in [0.5, 0.6) is 0 Å². The van der Waals surface area contributed by atoms with Gasteiger partial charge in [0.15, 0.2) is 0 Å². The van der Waals surface area contributed by atoms with Crippen molar-refractivity contribution in [2.75, 3.05) is 0 Å². The Balaban J connectivity index is 5.01. The van der Waals surface area contributed by atoms with Gasteiger partial charge < -0.3 is 47.6 Å². The molecule has 15 nitrogen and oxygen atoms in total. The summed E-state index contributed by atoms with van der Waals surface area (Å²) in [6.45, 7) is 7.66. The quantitative estimate of drug-likeness (QED) is 0.117. The van der Waals surface area contributed by atoms with E-state index < -0.39 is 84.0 Å². The standard InChI is InChI=1S/C20H36N6O9/c1-7(16(30)25-10(4)20(34)35)22-15(29)8(2)24-19(33)14(12(6)28)26-17(31)9(3)23-18(32)13(21)11(5)27/h7-14,27-28H,21H2,1-6H3,(H,22,29)(H,23,32)(H,24,33)(H,25,30)(H,26,31)(H,34,35)/t7-,8-,9-,10-,11+,12+,13-,14-/m0/s1. The molecule has 0 aromatic carbocycles. The zero-order chi connectivity index (χ0) is 27.6. The molecule has 15 heteroatoms. The second kappa shape index (κ2) is 14.2. The van der Waals surface area contributed by atoms with Crippen LogP contribution < -0.4 is 32.3 Å². The predicted molar refractivity (Wildman–Crippen MR) is 121 cm³/mol. The van der Waals surface area contributed by atoms with E-state index in [1.165, 1.54) is 41.5 Å². The third kappa shape index (κ3) is 10.7. The highest BCUT2D eigenvalue weighted by Crippen LogP contribution is 1.99. The van der Waals surface area contributed by atoms with Crippen molar-refractivity contribution < 1.29 is 44.1 Å². The van der Waals surface area contributed by atoms with E-state index in [9.17, 15) is 39.0 Å². The first-order valence-electron chi connectivity index (χ1n) is 10.9. The number of aliphatic carboxylic acids is 1. The van der Waals surface area contributed by atoms with E-state index in [0.29, 0.717) is 0 Å². The van der Waals surface area contributed by atoms with Gasteiger partial charge in [0.2, 0.25) is 29.5 Å². The summed E-state index contributed by atoms with van der Waals surface area (Å²) in [5, 5.41) is 39.4. The summed E-state index contributed by atoms with van der Waals surface area (Å²) in [6.07, 6.45) is -2.55. The highest BCUT2D eigenvalue weighted by Gasteiger charge is 2.31. The van der Waals surface area contributed by atoms with Crippen LogP contribution >= 0.6 is 0 Å². The molecular weight excluding hydrogens is 468 g/mol. The van der Waals surface area contributed by atoms with Crippen LogP contribution in [0.4, 0.5) is 0 Å². The fourth-order valence-electron chi connectivity index (χ4n) is 2.45. The number of nitrogens with two attached hydrogens (primary N) is 1. The molecule has 0 fully saturated rings. The second-order valence-corrected chi connectivity index (χ2v) is 8.25. The van der Waals surface area contributed by atoms with E-state index in [2.05, 4.69) is 26.6 Å². The molecule has 200 valence electrons. The van der Waals surface area contributed by atoms with Crippen LogP contribution in [0.2, 0.25) is 0 Å². The van der Waals surface area contributed by atoms with Crippen molar-refractivity contribution in [1.29, 1.82) is 0 Å². The number of amides is 5. The molecule has 0 saturated heterocycles. The van der Waals surface area contributed by atoms with Gasteiger partial charge in [0, 0.05) is 0 Å². The molecule has 0 aromatic rings. The first-order valence-corrected chi connectivity index (χ1v) is 10.9. The zero-order valence-electron chi connectivity index (χ0n) is 20.5. The van der Waals surface area contributed by atoms with Gasteiger partial charge in [0.25, 0.3) is 0 Å². The summed E-state index contributed by atoms with van der Waals surface area (Å²) in [5.41, 5.74) is 5.49. The van der Waals surface area contributed by atoms with Crippen LogP contribution in [0.1, 0.15) is 41.5 Å². The largest absolute Gasteiger partial charge is 0.480 e. The van der Waals surface area contributed by atoms with E-state index >= 15 is 0 Å². The van der Waals surface area contributed by atoms with Crippen molar-refractivity contribution in [2.45, 2.75) is 90.0 Å². The van der Waals surface area contributed by atoms with Crippen LogP contribution in [-0.2, 0) is 28.8 Å². The first kappa shape index (κ1) is 31.7. The van der Waals surface area contributed by atoms with Gasteiger partial charge in [-0.15, -0.1) is 0 Å².